The molecule has 0 N–H and O–H groups in total. The fraction of sp³-hybridized carbons (Fsp3) is 0.727. The van der Waals surface area contributed by atoms with Gasteiger partial charge in [-0.25, -0.2) is 0 Å². The molecule has 1 heterocycles. The minimum Gasteiger partial charge on any atom is -0.467 e. The maximum absolute atomic E-state index is 5.78. The highest BCUT2D eigenvalue weighted by Crippen LogP contribution is 2.28. The van der Waals surface area contributed by atoms with E-state index in [-0.39, 0.29) is 11.3 Å². The normalized spacial score (nSPS) is 14.6. The topological polar surface area (TPSA) is 60.4 Å². The second-order valence-electron chi connectivity index (χ2n) is 4.33. The van der Waals surface area contributed by atoms with Gasteiger partial charge in [0.1, 0.15) is 0 Å². The lowest BCUT2D eigenvalue weighted by Crippen LogP contribution is -2.25. The van der Waals surface area contributed by atoms with Gasteiger partial charge in [-0.15, -0.1) is 0 Å². The van der Waals surface area contributed by atoms with Crippen LogP contribution < -0.4 is 9.64 Å². The Hall–Kier alpha value is -1.14. The van der Waals surface area contributed by atoms with Crippen molar-refractivity contribution in [2.24, 2.45) is 5.92 Å². The van der Waals surface area contributed by atoms with E-state index in [0.29, 0.717) is 19.1 Å². The Kier molecular flexibility index (Phi) is 4.54. The maximum Gasteiger partial charge on any atom is 0.322 e. The number of hydrogen-bond donors (Lipinski definition) is 0. The summed E-state index contributed by atoms with van der Waals surface area (Å²) in [4.78, 5) is 13.9. The van der Waals surface area contributed by atoms with Gasteiger partial charge in [-0.2, -0.15) is 15.0 Å². The van der Waals surface area contributed by atoms with Crippen LogP contribution in [0.4, 0.5) is 5.95 Å². The van der Waals surface area contributed by atoms with Gasteiger partial charge in [-0.1, -0.05) is 0 Å². The predicted octanol–water partition coefficient (Wildman–Crippen LogP) is 1.40. The molecule has 0 aromatic carbocycles. The molecule has 6 nitrogen and oxygen atoms in total. The molecule has 0 amide bonds. The minimum atomic E-state index is 0.127. The molecule has 0 atom stereocenters. The standard InChI is InChI=1S/C11H17ClN4O2/c1-16(5-6-18-7-8-3-4-8)10-13-9(12)14-11(15-10)17-2/h8H,3-7H2,1-2H3. The molecule has 0 bridgehead atoms. The van der Waals surface area contributed by atoms with Crippen LogP contribution in [0.3, 0.4) is 0 Å². The number of halogens is 1. The van der Waals surface area contributed by atoms with Gasteiger partial charge in [0.05, 0.1) is 13.7 Å². The quantitative estimate of drug-likeness (QED) is 0.699. The molecule has 100 valence electrons. The molecule has 1 saturated carbocycles. The first kappa shape index (κ1) is 13.3. The summed E-state index contributed by atoms with van der Waals surface area (Å²) < 4.78 is 10.5. The van der Waals surface area contributed by atoms with Gasteiger partial charge < -0.3 is 14.4 Å². The molecule has 7 heteroatoms. The monoisotopic (exact) mass is 272 g/mol. The van der Waals surface area contributed by atoms with Gasteiger partial charge >= 0.3 is 6.01 Å². The van der Waals surface area contributed by atoms with Gasteiger partial charge in [0.25, 0.3) is 0 Å². The van der Waals surface area contributed by atoms with Crippen LogP contribution in [0.5, 0.6) is 6.01 Å². The van der Waals surface area contributed by atoms with E-state index in [1.165, 1.54) is 20.0 Å². The zero-order chi connectivity index (χ0) is 13.0. The summed E-state index contributed by atoms with van der Waals surface area (Å²) in [5, 5.41) is 0.127. The largest absolute Gasteiger partial charge is 0.467 e. The molecule has 2 rings (SSSR count). The van der Waals surface area contributed by atoms with Crippen molar-refractivity contribution >= 4 is 17.5 Å². The van der Waals surface area contributed by atoms with E-state index < -0.39 is 0 Å². The predicted molar refractivity (Wildman–Crippen MR) is 68.2 cm³/mol. The molecule has 1 aliphatic carbocycles. The second kappa shape index (κ2) is 6.15. The van der Waals surface area contributed by atoms with Crippen molar-refractivity contribution in [1.29, 1.82) is 0 Å². The van der Waals surface area contributed by atoms with E-state index in [9.17, 15) is 0 Å². The lowest BCUT2D eigenvalue weighted by molar-refractivity contribution is 0.130. The molecule has 0 saturated heterocycles. The fourth-order valence-electron chi connectivity index (χ4n) is 1.42. The SMILES string of the molecule is COc1nc(Cl)nc(N(C)CCOCC2CC2)n1. The summed E-state index contributed by atoms with van der Waals surface area (Å²) in [5.74, 6) is 1.27. The summed E-state index contributed by atoms with van der Waals surface area (Å²) in [7, 11) is 3.37. The van der Waals surface area contributed by atoms with Gasteiger partial charge in [0.15, 0.2) is 0 Å². The van der Waals surface area contributed by atoms with Crippen LogP contribution in [-0.2, 0) is 4.74 Å². The number of anilines is 1. The first-order valence-electron chi connectivity index (χ1n) is 5.93. The number of aromatic nitrogens is 3. The average molecular weight is 273 g/mol. The molecule has 1 aromatic rings. The molecule has 1 aliphatic rings. The smallest absolute Gasteiger partial charge is 0.322 e. The Balaban J connectivity index is 1.82. The zero-order valence-corrected chi connectivity index (χ0v) is 11.4. The third-order valence-electron chi connectivity index (χ3n) is 2.72. The van der Waals surface area contributed by atoms with E-state index in [1.807, 2.05) is 11.9 Å². The van der Waals surface area contributed by atoms with Gasteiger partial charge in [0.2, 0.25) is 11.2 Å². The van der Waals surface area contributed by atoms with E-state index in [2.05, 4.69) is 15.0 Å². The van der Waals surface area contributed by atoms with Crippen molar-refractivity contribution in [3.05, 3.63) is 5.28 Å². The Labute approximate surface area is 111 Å². The summed E-state index contributed by atoms with van der Waals surface area (Å²) >= 11 is 5.78. The van der Waals surface area contributed by atoms with E-state index in [4.69, 9.17) is 21.1 Å². The van der Waals surface area contributed by atoms with Crippen LogP contribution in [0.25, 0.3) is 0 Å². The van der Waals surface area contributed by atoms with Gasteiger partial charge in [-0.05, 0) is 30.4 Å². The summed E-state index contributed by atoms with van der Waals surface area (Å²) in [6.07, 6.45) is 2.60. The molecule has 0 spiro atoms. The van der Waals surface area contributed by atoms with E-state index in [0.717, 1.165) is 12.5 Å². The van der Waals surface area contributed by atoms with E-state index in [1.54, 1.807) is 0 Å². The van der Waals surface area contributed by atoms with Crippen molar-refractivity contribution in [2.45, 2.75) is 12.8 Å². The Bertz CT molecular complexity index is 401. The summed E-state index contributed by atoms with van der Waals surface area (Å²) in [6.45, 7) is 2.21. The number of methoxy groups -OCH3 is 1. The van der Waals surface area contributed by atoms with Crippen LogP contribution in [-0.4, -0.2) is 48.9 Å². The summed E-state index contributed by atoms with van der Waals surface area (Å²) in [6, 6.07) is 0.218. The number of hydrogen-bond acceptors (Lipinski definition) is 6. The van der Waals surface area contributed by atoms with Crippen molar-refractivity contribution in [2.75, 3.05) is 38.8 Å². The lowest BCUT2D eigenvalue weighted by atomic mass is 10.5. The number of ether oxygens (including phenoxy) is 2. The van der Waals surface area contributed by atoms with Gasteiger partial charge in [-0.3, -0.25) is 0 Å². The summed E-state index contributed by atoms with van der Waals surface area (Å²) in [5.41, 5.74) is 0. The molecular formula is C11H17ClN4O2. The molecular weight excluding hydrogens is 256 g/mol. The zero-order valence-electron chi connectivity index (χ0n) is 10.6. The molecule has 1 fully saturated rings. The van der Waals surface area contributed by atoms with Crippen LogP contribution in [0.1, 0.15) is 12.8 Å². The highest BCUT2D eigenvalue weighted by molar-refractivity contribution is 6.28. The third kappa shape index (κ3) is 3.96. The number of rotatable bonds is 7. The van der Waals surface area contributed by atoms with Crippen molar-refractivity contribution in [3.63, 3.8) is 0 Å². The average Bonchev–Trinajstić information content (AvgIpc) is 3.17. The van der Waals surface area contributed by atoms with Crippen molar-refractivity contribution < 1.29 is 9.47 Å². The van der Waals surface area contributed by atoms with Crippen LogP contribution >= 0.6 is 11.6 Å². The number of nitrogens with zero attached hydrogens (tertiary/aromatic N) is 4. The third-order valence-corrected chi connectivity index (χ3v) is 2.89. The van der Waals surface area contributed by atoms with Crippen LogP contribution in [0, 0.1) is 5.92 Å². The van der Waals surface area contributed by atoms with Gasteiger partial charge in [0, 0.05) is 20.2 Å². The van der Waals surface area contributed by atoms with Crippen LogP contribution in [0.2, 0.25) is 5.28 Å². The maximum atomic E-state index is 5.78. The first-order valence-corrected chi connectivity index (χ1v) is 6.31. The molecule has 0 aliphatic heterocycles. The lowest BCUT2D eigenvalue weighted by Gasteiger charge is -2.17. The molecule has 0 unspecified atom stereocenters. The number of likely N-dealkylation sites (N-methyl/N-ethyl adjacent to an activating group) is 1. The van der Waals surface area contributed by atoms with Crippen molar-refractivity contribution in [1.82, 2.24) is 15.0 Å². The minimum absolute atomic E-state index is 0.127. The Morgan fingerprint density at radius 2 is 2.11 bits per heavy atom. The van der Waals surface area contributed by atoms with E-state index >= 15 is 0 Å². The fourth-order valence-corrected chi connectivity index (χ4v) is 1.57. The highest BCUT2D eigenvalue weighted by atomic mass is 35.5. The Morgan fingerprint density at radius 1 is 1.33 bits per heavy atom. The highest BCUT2D eigenvalue weighted by Gasteiger charge is 2.21. The van der Waals surface area contributed by atoms with Crippen LogP contribution in [0.15, 0.2) is 0 Å². The molecule has 1 aromatic heterocycles. The van der Waals surface area contributed by atoms with Crippen molar-refractivity contribution in [3.8, 4) is 6.01 Å². The Morgan fingerprint density at radius 3 is 2.78 bits per heavy atom. The molecule has 18 heavy (non-hydrogen) atoms. The second-order valence-corrected chi connectivity index (χ2v) is 4.67. The molecule has 0 radical (unpaired) electrons. The first-order chi connectivity index (χ1) is 8.69.